The zero-order valence-corrected chi connectivity index (χ0v) is 15.9. The highest BCUT2D eigenvalue weighted by Crippen LogP contribution is 2.14. The van der Waals surface area contributed by atoms with Crippen molar-refractivity contribution in [3.05, 3.63) is 35.4 Å². The first-order valence-electron chi connectivity index (χ1n) is 9.72. The predicted molar refractivity (Wildman–Crippen MR) is 105 cm³/mol. The number of unbranched alkanes of at least 4 members (excludes halogenated alkanes) is 2. The van der Waals surface area contributed by atoms with Gasteiger partial charge in [0.05, 0.1) is 19.8 Å². The minimum atomic E-state index is 0.712. The lowest BCUT2D eigenvalue weighted by Crippen LogP contribution is -2.37. The summed E-state index contributed by atoms with van der Waals surface area (Å²) < 4.78 is 5.45. The summed E-state index contributed by atoms with van der Waals surface area (Å²) in [6.07, 6.45) is 3.69. The van der Waals surface area contributed by atoms with E-state index in [1.165, 1.54) is 30.4 Å². The number of morpholine rings is 1. The topological polar surface area (TPSA) is 48.9 Å². The molecule has 0 spiro atoms. The molecule has 5 heteroatoms. The van der Waals surface area contributed by atoms with Crippen molar-refractivity contribution < 1.29 is 4.74 Å². The molecule has 5 nitrogen and oxygen atoms in total. The van der Waals surface area contributed by atoms with Gasteiger partial charge in [-0.25, -0.2) is 4.99 Å². The highest BCUT2D eigenvalue weighted by atomic mass is 16.5. The molecular weight excluding hydrogens is 312 g/mol. The average Bonchev–Trinajstić information content (AvgIpc) is 2.65. The fraction of sp³-hybridized carbons (Fsp3) is 0.650. The lowest BCUT2D eigenvalue weighted by atomic mass is 10.1. The lowest BCUT2D eigenvalue weighted by molar-refractivity contribution is 0.0341. The van der Waals surface area contributed by atoms with Crippen molar-refractivity contribution >= 4 is 5.96 Å². The molecule has 0 aromatic heterocycles. The fourth-order valence-electron chi connectivity index (χ4n) is 2.95. The summed E-state index contributed by atoms with van der Waals surface area (Å²) in [5.74, 6) is 0.916. The maximum atomic E-state index is 5.45. The van der Waals surface area contributed by atoms with Crippen LogP contribution in [0.25, 0.3) is 0 Å². The van der Waals surface area contributed by atoms with E-state index in [-0.39, 0.29) is 0 Å². The van der Waals surface area contributed by atoms with E-state index in [2.05, 4.69) is 53.6 Å². The number of nitrogens with one attached hydrogen (secondary N) is 2. The average molecular weight is 347 g/mol. The number of hydrogen-bond donors (Lipinski definition) is 2. The predicted octanol–water partition coefficient (Wildman–Crippen LogP) is 2.76. The molecule has 0 aliphatic carbocycles. The minimum absolute atomic E-state index is 0.712. The van der Waals surface area contributed by atoms with Crippen molar-refractivity contribution in [2.75, 3.05) is 39.4 Å². The van der Waals surface area contributed by atoms with Gasteiger partial charge in [-0.05, 0) is 24.5 Å². The van der Waals surface area contributed by atoms with E-state index >= 15 is 0 Å². The van der Waals surface area contributed by atoms with Crippen LogP contribution in [0.3, 0.4) is 0 Å². The second-order valence-corrected chi connectivity index (χ2v) is 6.49. The van der Waals surface area contributed by atoms with Crippen LogP contribution in [0.15, 0.2) is 29.3 Å². The smallest absolute Gasteiger partial charge is 0.191 e. The van der Waals surface area contributed by atoms with Crippen LogP contribution in [0.1, 0.15) is 44.2 Å². The van der Waals surface area contributed by atoms with Crippen LogP contribution >= 0.6 is 0 Å². The van der Waals surface area contributed by atoms with Gasteiger partial charge in [-0.15, -0.1) is 0 Å². The van der Waals surface area contributed by atoms with Gasteiger partial charge in [0.1, 0.15) is 0 Å². The van der Waals surface area contributed by atoms with Crippen LogP contribution < -0.4 is 10.6 Å². The van der Waals surface area contributed by atoms with Crippen molar-refractivity contribution in [1.82, 2.24) is 15.5 Å². The molecule has 0 saturated carbocycles. The van der Waals surface area contributed by atoms with E-state index < -0.39 is 0 Å². The summed E-state index contributed by atoms with van der Waals surface area (Å²) in [7, 11) is 0. The maximum Gasteiger partial charge on any atom is 0.191 e. The quantitative estimate of drug-likeness (QED) is 0.410. The fourth-order valence-corrected chi connectivity index (χ4v) is 2.95. The Kier molecular flexibility index (Phi) is 9.37. The number of hydrogen-bond acceptors (Lipinski definition) is 3. The Morgan fingerprint density at radius 3 is 2.56 bits per heavy atom. The Hall–Kier alpha value is -1.59. The third-order valence-electron chi connectivity index (χ3n) is 4.44. The van der Waals surface area contributed by atoms with Crippen LogP contribution in [0.2, 0.25) is 0 Å². The van der Waals surface area contributed by atoms with Gasteiger partial charge in [-0.3, -0.25) is 4.90 Å². The largest absolute Gasteiger partial charge is 0.379 e. The van der Waals surface area contributed by atoms with E-state index in [1.54, 1.807) is 0 Å². The van der Waals surface area contributed by atoms with Gasteiger partial charge in [0.15, 0.2) is 5.96 Å². The first kappa shape index (κ1) is 19.7. The summed E-state index contributed by atoms with van der Waals surface area (Å²) in [4.78, 5) is 7.24. The lowest BCUT2D eigenvalue weighted by Gasteiger charge is -2.27. The molecule has 0 atom stereocenters. The van der Waals surface area contributed by atoms with E-state index in [4.69, 9.17) is 9.73 Å². The molecule has 2 rings (SSSR count). The number of rotatable bonds is 9. The molecule has 1 fully saturated rings. The van der Waals surface area contributed by atoms with Gasteiger partial charge in [0, 0.05) is 32.7 Å². The van der Waals surface area contributed by atoms with Crippen LogP contribution in [0.5, 0.6) is 0 Å². The summed E-state index contributed by atoms with van der Waals surface area (Å²) in [6, 6.07) is 8.65. The minimum Gasteiger partial charge on any atom is -0.379 e. The number of benzene rings is 1. The number of nitrogens with zero attached hydrogens (tertiary/aromatic N) is 2. The van der Waals surface area contributed by atoms with Crippen molar-refractivity contribution in [1.29, 1.82) is 0 Å². The summed E-state index contributed by atoms with van der Waals surface area (Å²) in [5, 5.41) is 6.78. The third-order valence-corrected chi connectivity index (χ3v) is 4.44. The number of guanidine groups is 1. The van der Waals surface area contributed by atoms with Crippen molar-refractivity contribution in [2.24, 2.45) is 4.99 Å². The van der Waals surface area contributed by atoms with E-state index in [1.807, 2.05) is 0 Å². The standard InChI is InChI=1S/C20H34N4O/c1-3-5-8-11-22-20(21-4-2)23-16-18-9-6-7-10-19(18)17-24-12-14-25-15-13-24/h6-7,9-10H,3-5,8,11-17H2,1-2H3,(H2,21,22,23). The highest BCUT2D eigenvalue weighted by molar-refractivity contribution is 5.79. The van der Waals surface area contributed by atoms with Gasteiger partial charge in [0.2, 0.25) is 0 Å². The number of aliphatic imine (C=N–C) groups is 1. The van der Waals surface area contributed by atoms with Crippen LogP contribution in [0, 0.1) is 0 Å². The SMILES string of the molecule is CCCCCNC(=NCc1ccccc1CN1CCOCC1)NCC. The van der Waals surface area contributed by atoms with Gasteiger partial charge < -0.3 is 15.4 Å². The normalized spacial score (nSPS) is 16.0. The Bertz CT molecular complexity index is 512. The molecule has 1 saturated heterocycles. The van der Waals surface area contributed by atoms with Crippen molar-refractivity contribution in [2.45, 2.75) is 46.2 Å². The molecule has 1 heterocycles. The van der Waals surface area contributed by atoms with Crippen LogP contribution in [-0.2, 0) is 17.8 Å². The molecule has 2 N–H and O–H groups in total. The molecule has 25 heavy (non-hydrogen) atoms. The Morgan fingerprint density at radius 2 is 1.84 bits per heavy atom. The Morgan fingerprint density at radius 1 is 1.08 bits per heavy atom. The second-order valence-electron chi connectivity index (χ2n) is 6.49. The first-order chi connectivity index (χ1) is 12.3. The molecule has 0 unspecified atom stereocenters. The zero-order valence-electron chi connectivity index (χ0n) is 15.9. The summed E-state index contributed by atoms with van der Waals surface area (Å²) >= 11 is 0. The number of ether oxygens (including phenoxy) is 1. The Balaban J connectivity index is 1.94. The van der Waals surface area contributed by atoms with Gasteiger partial charge >= 0.3 is 0 Å². The first-order valence-corrected chi connectivity index (χ1v) is 9.72. The molecule has 1 aliphatic rings. The molecular formula is C20H34N4O. The monoisotopic (exact) mass is 346 g/mol. The molecule has 0 amide bonds. The summed E-state index contributed by atoms with van der Waals surface area (Å²) in [6.45, 7) is 11.6. The van der Waals surface area contributed by atoms with E-state index in [9.17, 15) is 0 Å². The van der Waals surface area contributed by atoms with Gasteiger partial charge in [-0.1, -0.05) is 44.0 Å². The molecule has 0 radical (unpaired) electrons. The molecule has 0 bridgehead atoms. The van der Waals surface area contributed by atoms with Crippen molar-refractivity contribution in [3.8, 4) is 0 Å². The second kappa shape index (κ2) is 11.9. The van der Waals surface area contributed by atoms with E-state index in [0.717, 1.165) is 51.9 Å². The molecule has 1 aromatic rings. The van der Waals surface area contributed by atoms with E-state index in [0.29, 0.717) is 6.54 Å². The molecule has 1 aliphatic heterocycles. The van der Waals surface area contributed by atoms with Gasteiger partial charge in [-0.2, -0.15) is 0 Å². The Labute approximate surface area is 152 Å². The zero-order chi connectivity index (χ0) is 17.7. The van der Waals surface area contributed by atoms with Crippen molar-refractivity contribution in [3.63, 3.8) is 0 Å². The summed E-state index contributed by atoms with van der Waals surface area (Å²) in [5.41, 5.74) is 2.68. The molecule has 140 valence electrons. The highest BCUT2D eigenvalue weighted by Gasteiger charge is 2.12. The maximum absolute atomic E-state index is 5.45. The molecule has 1 aromatic carbocycles. The van der Waals surface area contributed by atoms with Crippen LogP contribution in [-0.4, -0.2) is 50.3 Å². The van der Waals surface area contributed by atoms with Gasteiger partial charge in [0.25, 0.3) is 0 Å². The third kappa shape index (κ3) is 7.45. The van der Waals surface area contributed by atoms with Crippen LogP contribution in [0.4, 0.5) is 0 Å².